The lowest BCUT2D eigenvalue weighted by Gasteiger charge is -2.36. The third kappa shape index (κ3) is 2.78. The average Bonchev–Trinajstić information content (AvgIpc) is 2.86. The lowest BCUT2D eigenvalue weighted by molar-refractivity contribution is -0.00319. The number of carbonyl (C=O) groups excluding carboxylic acids is 1. The first-order valence-corrected chi connectivity index (χ1v) is 8.06. The number of ether oxygens (including phenoxy) is 2. The van der Waals surface area contributed by atoms with Crippen LogP contribution in [0.15, 0.2) is 24.3 Å². The highest BCUT2D eigenvalue weighted by molar-refractivity contribution is 5.97. The third-order valence-corrected chi connectivity index (χ3v) is 4.62. The minimum atomic E-state index is -0.134. The largest absolute Gasteiger partial charge is 0.496 e. The van der Waals surface area contributed by atoms with Gasteiger partial charge in [0.2, 0.25) is 0 Å². The summed E-state index contributed by atoms with van der Waals surface area (Å²) in [4.78, 5) is 15.0. The maximum Gasteiger partial charge on any atom is 0.258 e. The highest BCUT2D eigenvalue weighted by atomic mass is 16.5. The van der Waals surface area contributed by atoms with E-state index < -0.39 is 0 Å². The average molecular weight is 329 g/mol. The van der Waals surface area contributed by atoms with Crippen molar-refractivity contribution in [2.45, 2.75) is 19.9 Å². The van der Waals surface area contributed by atoms with Gasteiger partial charge in [-0.2, -0.15) is 5.10 Å². The van der Waals surface area contributed by atoms with Gasteiger partial charge in [-0.1, -0.05) is 12.1 Å². The molecule has 0 aliphatic carbocycles. The molecule has 1 fully saturated rings. The van der Waals surface area contributed by atoms with Gasteiger partial charge in [-0.05, 0) is 26.0 Å². The van der Waals surface area contributed by atoms with E-state index in [1.807, 2.05) is 48.7 Å². The van der Waals surface area contributed by atoms with Crippen molar-refractivity contribution in [2.24, 2.45) is 7.05 Å². The second kappa shape index (κ2) is 6.65. The summed E-state index contributed by atoms with van der Waals surface area (Å²) in [6.07, 6.45) is 0. The predicted molar refractivity (Wildman–Crippen MR) is 90.3 cm³/mol. The maximum absolute atomic E-state index is 13.2. The van der Waals surface area contributed by atoms with E-state index in [9.17, 15) is 4.79 Å². The third-order valence-electron chi connectivity index (χ3n) is 4.62. The zero-order valence-electron chi connectivity index (χ0n) is 14.6. The fraction of sp³-hybridized carbons (Fsp3) is 0.444. The summed E-state index contributed by atoms with van der Waals surface area (Å²) in [6, 6.07) is 7.19. The zero-order valence-corrected chi connectivity index (χ0v) is 14.6. The van der Waals surface area contributed by atoms with Crippen LogP contribution < -0.4 is 4.74 Å². The number of aryl methyl sites for hydroxylation is 2. The number of carbonyl (C=O) groups is 1. The second-order valence-electron chi connectivity index (χ2n) is 6.00. The van der Waals surface area contributed by atoms with Gasteiger partial charge < -0.3 is 14.4 Å². The molecular formula is C18H23N3O3. The van der Waals surface area contributed by atoms with Crippen LogP contribution in [0.2, 0.25) is 0 Å². The molecule has 1 aliphatic rings. The molecule has 3 rings (SSSR count). The molecule has 1 aromatic heterocycles. The molecule has 1 atom stereocenters. The number of benzene rings is 1. The van der Waals surface area contributed by atoms with Crippen molar-refractivity contribution in [1.29, 1.82) is 0 Å². The van der Waals surface area contributed by atoms with Crippen LogP contribution in [0, 0.1) is 13.8 Å². The lowest BCUT2D eigenvalue weighted by atomic mass is 10.0. The molecule has 2 heterocycles. The first-order valence-electron chi connectivity index (χ1n) is 8.06. The van der Waals surface area contributed by atoms with Crippen molar-refractivity contribution in [3.05, 3.63) is 46.8 Å². The Hall–Kier alpha value is -2.34. The molecule has 0 unspecified atom stereocenters. The van der Waals surface area contributed by atoms with Crippen molar-refractivity contribution in [1.82, 2.24) is 14.7 Å². The molecule has 0 spiro atoms. The minimum absolute atomic E-state index is 0.0385. The number of para-hydroxylation sites is 1. The molecule has 0 N–H and O–H groups in total. The van der Waals surface area contributed by atoms with E-state index in [4.69, 9.17) is 9.47 Å². The van der Waals surface area contributed by atoms with Crippen LogP contribution in [-0.2, 0) is 11.8 Å². The van der Waals surface area contributed by atoms with Crippen molar-refractivity contribution in [2.75, 3.05) is 26.9 Å². The van der Waals surface area contributed by atoms with Crippen molar-refractivity contribution < 1.29 is 14.3 Å². The molecule has 24 heavy (non-hydrogen) atoms. The number of amides is 1. The summed E-state index contributed by atoms with van der Waals surface area (Å²) < 4.78 is 12.9. The Bertz CT molecular complexity index is 754. The number of hydrogen-bond donors (Lipinski definition) is 0. The number of hydrogen-bond acceptors (Lipinski definition) is 4. The Labute approximate surface area is 142 Å². The standard InChI is InChI=1S/C18H23N3O3/c1-12-17(13(2)20(3)19-12)15-11-24-10-9-21(15)18(22)14-7-5-6-8-16(14)23-4/h5-8,15H,9-11H2,1-4H3/t15-/m1/s1. The van der Waals surface area contributed by atoms with E-state index in [1.165, 1.54) is 0 Å². The summed E-state index contributed by atoms with van der Waals surface area (Å²) in [5, 5.41) is 4.48. The zero-order chi connectivity index (χ0) is 17.3. The number of rotatable bonds is 3. The lowest BCUT2D eigenvalue weighted by Crippen LogP contribution is -2.43. The fourth-order valence-electron chi connectivity index (χ4n) is 3.33. The number of morpholine rings is 1. The van der Waals surface area contributed by atoms with Crippen LogP contribution in [-0.4, -0.2) is 47.5 Å². The Balaban J connectivity index is 1.99. The van der Waals surface area contributed by atoms with Gasteiger partial charge in [-0.15, -0.1) is 0 Å². The van der Waals surface area contributed by atoms with Crippen molar-refractivity contribution >= 4 is 5.91 Å². The van der Waals surface area contributed by atoms with E-state index in [-0.39, 0.29) is 11.9 Å². The van der Waals surface area contributed by atoms with Gasteiger partial charge in [0.15, 0.2) is 0 Å². The van der Waals surface area contributed by atoms with Crippen LogP contribution in [0.5, 0.6) is 5.75 Å². The Morgan fingerprint density at radius 1 is 1.33 bits per heavy atom. The number of nitrogens with zero attached hydrogens (tertiary/aromatic N) is 3. The quantitative estimate of drug-likeness (QED) is 0.867. The normalized spacial score (nSPS) is 17.8. The van der Waals surface area contributed by atoms with E-state index in [2.05, 4.69) is 5.10 Å². The van der Waals surface area contributed by atoms with E-state index in [1.54, 1.807) is 13.2 Å². The molecule has 2 aromatic rings. The van der Waals surface area contributed by atoms with Gasteiger partial charge in [0.05, 0.1) is 37.6 Å². The van der Waals surface area contributed by atoms with Crippen LogP contribution in [0.4, 0.5) is 0 Å². The predicted octanol–water partition coefficient (Wildman–Crippen LogP) is 2.26. The smallest absolute Gasteiger partial charge is 0.258 e. The van der Waals surface area contributed by atoms with Crippen molar-refractivity contribution in [3.8, 4) is 5.75 Å². The first kappa shape index (κ1) is 16.5. The Kier molecular flexibility index (Phi) is 4.57. The number of aromatic nitrogens is 2. The molecule has 128 valence electrons. The van der Waals surface area contributed by atoms with Gasteiger partial charge in [0.25, 0.3) is 5.91 Å². The summed E-state index contributed by atoms with van der Waals surface area (Å²) in [6.45, 7) is 5.57. The van der Waals surface area contributed by atoms with Crippen LogP contribution in [0.1, 0.15) is 33.4 Å². The minimum Gasteiger partial charge on any atom is -0.496 e. The molecule has 1 saturated heterocycles. The SMILES string of the molecule is COc1ccccc1C(=O)N1CCOC[C@@H]1c1c(C)nn(C)c1C. The topological polar surface area (TPSA) is 56.6 Å². The molecule has 0 saturated carbocycles. The van der Waals surface area contributed by atoms with E-state index in [0.717, 1.165) is 17.0 Å². The van der Waals surface area contributed by atoms with Crippen LogP contribution in [0.25, 0.3) is 0 Å². The summed E-state index contributed by atoms with van der Waals surface area (Å²) in [5.74, 6) is 0.552. The van der Waals surface area contributed by atoms with Gasteiger partial charge in [0.1, 0.15) is 5.75 Å². The fourth-order valence-corrected chi connectivity index (χ4v) is 3.33. The van der Waals surface area contributed by atoms with Gasteiger partial charge in [0, 0.05) is 24.8 Å². The van der Waals surface area contributed by atoms with Crippen LogP contribution in [0.3, 0.4) is 0 Å². The highest BCUT2D eigenvalue weighted by Crippen LogP contribution is 2.31. The Morgan fingerprint density at radius 3 is 2.75 bits per heavy atom. The summed E-state index contributed by atoms with van der Waals surface area (Å²) >= 11 is 0. The molecular weight excluding hydrogens is 306 g/mol. The first-order chi connectivity index (χ1) is 11.5. The summed E-state index contributed by atoms with van der Waals surface area (Å²) in [5.41, 5.74) is 3.63. The van der Waals surface area contributed by atoms with Gasteiger partial charge in [-0.3, -0.25) is 9.48 Å². The van der Waals surface area contributed by atoms with E-state index >= 15 is 0 Å². The summed E-state index contributed by atoms with van der Waals surface area (Å²) in [7, 11) is 3.50. The second-order valence-corrected chi connectivity index (χ2v) is 6.00. The molecule has 6 heteroatoms. The molecule has 6 nitrogen and oxygen atoms in total. The maximum atomic E-state index is 13.2. The number of methoxy groups -OCH3 is 1. The molecule has 1 aliphatic heterocycles. The van der Waals surface area contributed by atoms with E-state index in [0.29, 0.717) is 31.1 Å². The molecule has 0 radical (unpaired) electrons. The molecule has 0 bridgehead atoms. The van der Waals surface area contributed by atoms with Crippen molar-refractivity contribution in [3.63, 3.8) is 0 Å². The van der Waals surface area contributed by atoms with Gasteiger partial charge >= 0.3 is 0 Å². The Morgan fingerprint density at radius 2 is 2.08 bits per heavy atom. The van der Waals surface area contributed by atoms with Gasteiger partial charge in [-0.25, -0.2) is 0 Å². The highest BCUT2D eigenvalue weighted by Gasteiger charge is 2.33. The molecule has 1 aromatic carbocycles. The monoisotopic (exact) mass is 329 g/mol. The van der Waals surface area contributed by atoms with Crippen LogP contribution >= 0.6 is 0 Å². The molecule has 1 amide bonds.